The minimum Gasteiger partial charge on any atom is -0.324 e. The molecule has 1 unspecified atom stereocenters. The Bertz CT molecular complexity index is 542. The van der Waals surface area contributed by atoms with Crippen molar-refractivity contribution in [2.24, 2.45) is 5.92 Å². The first-order valence-electron chi connectivity index (χ1n) is 7.51. The molecule has 0 aromatic carbocycles. The molecule has 1 aromatic heterocycles. The zero-order chi connectivity index (χ0) is 15.7. The fourth-order valence-electron chi connectivity index (χ4n) is 2.83. The highest BCUT2D eigenvalue weighted by Crippen LogP contribution is 2.37. The number of nitrogens with zero attached hydrogens (tertiary/aromatic N) is 2. The van der Waals surface area contributed by atoms with Crippen LogP contribution >= 0.6 is 11.3 Å². The maximum atomic E-state index is 12.8. The van der Waals surface area contributed by atoms with Crippen LogP contribution in [-0.2, 0) is 0 Å². The van der Waals surface area contributed by atoms with Crippen LogP contribution in [-0.4, -0.2) is 35.2 Å². The van der Waals surface area contributed by atoms with E-state index < -0.39 is 18.1 Å². The molecule has 3 rings (SSSR count). The number of likely N-dealkylation sites (tertiary alicyclic amines) is 1. The Hall–Kier alpha value is -1.31. The van der Waals surface area contributed by atoms with Crippen molar-refractivity contribution in [3.8, 4) is 0 Å². The van der Waals surface area contributed by atoms with Crippen molar-refractivity contribution in [1.29, 1.82) is 0 Å². The summed E-state index contributed by atoms with van der Waals surface area (Å²) >= 11 is 1.33. The molecule has 8 heteroatoms. The van der Waals surface area contributed by atoms with Crippen molar-refractivity contribution in [2.75, 3.05) is 18.4 Å². The summed E-state index contributed by atoms with van der Waals surface area (Å²) in [7, 11) is 0. The van der Waals surface area contributed by atoms with Crippen LogP contribution in [0.5, 0.6) is 0 Å². The van der Waals surface area contributed by atoms with Gasteiger partial charge in [-0.1, -0.05) is 6.42 Å². The molecule has 2 amide bonds. The molecule has 1 aliphatic carbocycles. The van der Waals surface area contributed by atoms with Crippen LogP contribution in [0.4, 0.5) is 23.1 Å². The minimum atomic E-state index is -4.24. The van der Waals surface area contributed by atoms with Gasteiger partial charge in [0.25, 0.3) is 0 Å². The standard InChI is InChI=1S/C14H18F3N3OS/c15-14(16,17)10-5-2-6-20(7-10)13(21)19-12-18-11(8-22-12)9-3-1-4-9/h8-10H,1-7H2,(H,18,19,21). The van der Waals surface area contributed by atoms with Gasteiger partial charge in [0.15, 0.2) is 5.13 Å². The third-order valence-electron chi connectivity index (χ3n) is 4.43. The third-order valence-corrected chi connectivity index (χ3v) is 5.21. The third kappa shape index (κ3) is 3.37. The van der Waals surface area contributed by atoms with Gasteiger partial charge in [0.2, 0.25) is 0 Å². The molecule has 1 aromatic rings. The SMILES string of the molecule is O=C(Nc1nc(C2CCC2)cs1)N1CCCC(C(F)(F)F)C1. The Labute approximate surface area is 130 Å². The fraction of sp³-hybridized carbons (Fsp3) is 0.714. The number of hydrogen-bond donors (Lipinski definition) is 1. The zero-order valence-electron chi connectivity index (χ0n) is 12.0. The molecule has 122 valence electrons. The highest BCUT2D eigenvalue weighted by atomic mass is 32.1. The zero-order valence-corrected chi connectivity index (χ0v) is 12.8. The van der Waals surface area contributed by atoms with Crippen LogP contribution in [0.25, 0.3) is 0 Å². The largest absolute Gasteiger partial charge is 0.393 e. The molecule has 1 saturated carbocycles. The quantitative estimate of drug-likeness (QED) is 0.881. The Morgan fingerprint density at radius 2 is 2.09 bits per heavy atom. The lowest BCUT2D eigenvalue weighted by Crippen LogP contribution is -2.46. The minimum absolute atomic E-state index is 0.0936. The number of hydrogen-bond acceptors (Lipinski definition) is 3. The van der Waals surface area contributed by atoms with Crippen molar-refractivity contribution in [3.63, 3.8) is 0 Å². The van der Waals surface area contributed by atoms with Gasteiger partial charge in [-0.3, -0.25) is 5.32 Å². The maximum absolute atomic E-state index is 12.8. The van der Waals surface area contributed by atoms with Crippen LogP contribution in [0.3, 0.4) is 0 Å². The van der Waals surface area contributed by atoms with E-state index in [1.54, 1.807) is 0 Å². The molecule has 1 atom stereocenters. The number of anilines is 1. The number of rotatable bonds is 2. The summed E-state index contributed by atoms with van der Waals surface area (Å²) in [4.78, 5) is 17.7. The molecule has 1 N–H and O–H groups in total. The maximum Gasteiger partial charge on any atom is 0.393 e. The van der Waals surface area contributed by atoms with Gasteiger partial charge in [0.1, 0.15) is 0 Å². The number of nitrogens with one attached hydrogen (secondary N) is 1. The van der Waals surface area contributed by atoms with Crippen molar-refractivity contribution >= 4 is 22.5 Å². The number of aromatic nitrogens is 1. The average molecular weight is 333 g/mol. The van der Waals surface area contributed by atoms with E-state index in [1.807, 2.05) is 5.38 Å². The van der Waals surface area contributed by atoms with Gasteiger partial charge in [-0.25, -0.2) is 9.78 Å². The summed E-state index contributed by atoms with van der Waals surface area (Å²) < 4.78 is 38.3. The van der Waals surface area contributed by atoms with Gasteiger partial charge in [-0.15, -0.1) is 11.3 Å². The predicted molar refractivity (Wildman–Crippen MR) is 78.1 cm³/mol. The molecule has 0 radical (unpaired) electrons. The topological polar surface area (TPSA) is 45.2 Å². The number of carbonyl (C=O) groups is 1. The van der Waals surface area contributed by atoms with Gasteiger partial charge in [0.05, 0.1) is 11.6 Å². The van der Waals surface area contributed by atoms with Gasteiger partial charge < -0.3 is 4.90 Å². The number of amides is 2. The smallest absolute Gasteiger partial charge is 0.324 e. The molecule has 1 aliphatic heterocycles. The number of urea groups is 1. The highest BCUT2D eigenvalue weighted by molar-refractivity contribution is 7.13. The molecular formula is C14H18F3N3OS. The lowest BCUT2D eigenvalue weighted by atomic mass is 9.83. The molecule has 2 heterocycles. The molecule has 4 nitrogen and oxygen atoms in total. The number of alkyl halides is 3. The summed E-state index contributed by atoms with van der Waals surface area (Å²) in [5.74, 6) is -0.944. The van der Waals surface area contributed by atoms with Gasteiger partial charge in [-0.2, -0.15) is 13.2 Å². The fourth-order valence-corrected chi connectivity index (χ4v) is 3.62. The summed E-state index contributed by atoms with van der Waals surface area (Å²) in [6.45, 7) is 0.0927. The molecule has 1 saturated heterocycles. The summed E-state index contributed by atoms with van der Waals surface area (Å²) in [5, 5.41) is 5.03. The van der Waals surface area contributed by atoms with Crippen LogP contribution in [0.1, 0.15) is 43.7 Å². The highest BCUT2D eigenvalue weighted by Gasteiger charge is 2.42. The second-order valence-electron chi connectivity index (χ2n) is 5.96. The molecular weight excluding hydrogens is 315 g/mol. The first-order chi connectivity index (χ1) is 10.4. The summed E-state index contributed by atoms with van der Waals surface area (Å²) in [5.41, 5.74) is 0.985. The van der Waals surface area contributed by atoms with Gasteiger partial charge in [-0.05, 0) is 25.7 Å². The molecule has 22 heavy (non-hydrogen) atoms. The van der Waals surface area contributed by atoms with E-state index >= 15 is 0 Å². The number of carbonyl (C=O) groups excluding carboxylic acids is 1. The summed E-state index contributed by atoms with van der Waals surface area (Å²) in [6.07, 6.45) is -0.319. The van der Waals surface area contributed by atoms with Gasteiger partial charge in [0, 0.05) is 24.4 Å². The average Bonchev–Trinajstić information content (AvgIpc) is 2.84. The molecule has 0 spiro atoms. The lowest BCUT2D eigenvalue weighted by molar-refractivity contribution is -0.183. The van der Waals surface area contributed by atoms with E-state index in [9.17, 15) is 18.0 Å². The lowest BCUT2D eigenvalue weighted by Gasteiger charge is -2.33. The summed E-state index contributed by atoms with van der Waals surface area (Å²) in [6, 6.07) is -0.483. The van der Waals surface area contributed by atoms with Crippen LogP contribution < -0.4 is 5.32 Å². The van der Waals surface area contributed by atoms with Crippen LogP contribution in [0.15, 0.2) is 5.38 Å². The number of halogens is 3. The molecule has 2 fully saturated rings. The van der Waals surface area contributed by atoms with Crippen LogP contribution in [0.2, 0.25) is 0 Å². The number of thiazole rings is 1. The van der Waals surface area contributed by atoms with Crippen LogP contribution in [0, 0.1) is 5.92 Å². The van der Waals surface area contributed by atoms with E-state index in [0.717, 1.165) is 18.5 Å². The van der Waals surface area contributed by atoms with Crippen molar-refractivity contribution < 1.29 is 18.0 Å². The van der Waals surface area contributed by atoms with E-state index in [2.05, 4.69) is 10.3 Å². The predicted octanol–water partition coefficient (Wildman–Crippen LogP) is 4.22. The Kier molecular flexibility index (Phi) is 4.29. The van der Waals surface area contributed by atoms with E-state index in [0.29, 0.717) is 24.0 Å². The van der Waals surface area contributed by atoms with E-state index in [1.165, 1.54) is 22.7 Å². The van der Waals surface area contributed by atoms with E-state index in [-0.39, 0.29) is 13.0 Å². The van der Waals surface area contributed by atoms with Gasteiger partial charge >= 0.3 is 12.2 Å². The molecule has 0 bridgehead atoms. The molecule has 2 aliphatic rings. The second kappa shape index (κ2) is 6.06. The van der Waals surface area contributed by atoms with E-state index in [4.69, 9.17) is 0 Å². The Morgan fingerprint density at radius 1 is 1.32 bits per heavy atom. The van der Waals surface area contributed by atoms with Crippen molar-refractivity contribution in [2.45, 2.75) is 44.2 Å². The second-order valence-corrected chi connectivity index (χ2v) is 6.82. The Morgan fingerprint density at radius 3 is 2.73 bits per heavy atom. The number of piperidine rings is 1. The monoisotopic (exact) mass is 333 g/mol. The Balaban J connectivity index is 1.58. The van der Waals surface area contributed by atoms with Crippen molar-refractivity contribution in [1.82, 2.24) is 9.88 Å². The normalized spacial score (nSPS) is 23.2. The first kappa shape index (κ1) is 15.6. The van der Waals surface area contributed by atoms with Crippen molar-refractivity contribution in [3.05, 3.63) is 11.1 Å². The first-order valence-corrected chi connectivity index (χ1v) is 8.39.